The first-order valence-electron chi connectivity index (χ1n) is 6.51. The van der Waals surface area contributed by atoms with E-state index in [1.54, 1.807) is 0 Å². The van der Waals surface area contributed by atoms with Gasteiger partial charge in [0.25, 0.3) is 0 Å². The van der Waals surface area contributed by atoms with Gasteiger partial charge >= 0.3 is 0 Å². The topological polar surface area (TPSA) is 41.1 Å². The second-order valence-corrected chi connectivity index (χ2v) is 5.38. The van der Waals surface area contributed by atoms with Crippen molar-refractivity contribution in [1.29, 1.82) is 0 Å². The van der Waals surface area contributed by atoms with E-state index in [0.717, 1.165) is 12.2 Å². The summed E-state index contributed by atoms with van der Waals surface area (Å²) in [5, 5.41) is 6.16. The van der Waals surface area contributed by atoms with Crippen LogP contribution in [0.25, 0.3) is 0 Å². The molecule has 0 aliphatic rings. The highest BCUT2D eigenvalue weighted by atomic mass is 16.2. The molecule has 1 aromatic rings. The maximum Gasteiger partial charge on any atom is 0.242 e. The molecule has 0 aromatic heterocycles. The molecule has 0 aliphatic carbocycles. The fraction of sp³-hybridized carbons (Fsp3) is 0.533. The summed E-state index contributed by atoms with van der Waals surface area (Å²) in [4.78, 5) is 11.8. The van der Waals surface area contributed by atoms with Crippen LogP contribution in [0.1, 0.15) is 31.9 Å². The van der Waals surface area contributed by atoms with Crippen LogP contribution in [0.2, 0.25) is 0 Å². The Morgan fingerprint density at radius 3 is 2.17 bits per heavy atom. The first-order valence-corrected chi connectivity index (χ1v) is 6.51. The van der Waals surface area contributed by atoms with Crippen LogP contribution >= 0.6 is 0 Å². The van der Waals surface area contributed by atoms with Gasteiger partial charge in [0.1, 0.15) is 6.04 Å². The van der Waals surface area contributed by atoms with Crippen LogP contribution in [-0.4, -0.2) is 18.5 Å². The molecule has 1 atom stereocenters. The van der Waals surface area contributed by atoms with Crippen LogP contribution in [0.3, 0.4) is 0 Å². The van der Waals surface area contributed by atoms with Gasteiger partial charge in [0.2, 0.25) is 5.91 Å². The Morgan fingerprint density at radius 2 is 1.67 bits per heavy atom. The third-order valence-electron chi connectivity index (χ3n) is 2.68. The number of aryl methyl sites for hydroxylation is 2. The molecule has 2 N–H and O–H groups in total. The van der Waals surface area contributed by atoms with E-state index in [1.807, 2.05) is 6.92 Å². The highest BCUT2D eigenvalue weighted by molar-refractivity contribution is 5.84. The van der Waals surface area contributed by atoms with Crippen molar-refractivity contribution < 1.29 is 4.79 Å². The molecule has 1 amide bonds. The predicted molar refractivity (Wildman–Crippen MR) is 76.8 cm³/mol. The van der Waals surface area contributed by atoms with Gasteiger partial charge in [0.05, 0.1) is 0 Å². The van der Waals surface area contributed by atoms with Crippen molar-refractivity contribution in [3.05, 3.63) is 29.3 Å². The second-order valence-electron chi connectivity index (χ2n) is 5.38. The number of carbonyl (C=O) groups excluding carboxylic acids is 1. The molecule has 0 saturated heterocycles. The Labute approximate surface area is 110 Å². The Bertz CT molecular complexity index is 393. The van der Waals surface area contributed by atoms with Gasteiger partial charge in [0, 0.05) is 12.2 Å². The maximum absolute atomic E-state index is 11.8. The molecular formula is C15H24N2O. The summed E-state index contributed by atoms with van der Waals surface area (Å²) >= 11 is 0. The van der Waals surface area contributed by atoms with Crippen LogP contribution in [0.15, 0.2) is 18.2 Å². The predicted octanol–water partition coefficient (Wildman–Crippen LogP) is 2.88. The van der Waals surface area contributed by atoms with E-state index >= 15 is 0 Å². The zero-order valence-electron chi connectivity index (χ0n) is 12.0. The van der Waals surface area contributed by atoms with E-state index in [0.29, 0.717) is 5.92 Å². The lowest BCUT2D eigenvalue weighted by molar-refractivity contribution is -0.121. The van der Waals surface area contributed by atoms with Gasteiger partial charge in [-0.05, 0) is 49.9 Å². The monoisotopic (exact) mass is 248 g/mol. The van der Waals surface area contributed by atoms with Crippen molar-refractivity contribution in [2.75, 3.05) is 11.9 Å². The summed E-state index contributed by atoms with van der Waals surface area (Å²) < 4.78 is 0. The van der Waals surface area contributed by atoms with Gasteiger partial charge in [0.15, 0.2) is 0 Å². The largest absolute Gasteiger partial charge is 0.374 e. The van der Waals surface area contributed by atoms with Gasteiger partial charge in [-0.25, -0.2) is 0 Å². The third kappa shape index (κ3) is 4.78. The van der Waals surface area contributed by atoms with E-state index in [-0.39, 0.29) is 11.9 Å². The summed E-state index contributed by atoms with van der Waals surface area (Å²) in [6, 6.07) is 6.01. The second kappa shape index (κ2) is 6.43. The molecule has 0 fully saturated rings. The highest BCUT2D eigenvalue weighted by Gasteiger charge is 2.12. The number of anilines is 1. The van der Waals surface area contributed by atoms with Crippen molar-refractivity contribution in [3.8, 4) is 0 Å². The molecule has 0 bridgehead atoms. The highest BCUT2D eigenvalue weighted by Crippen LogP contribution is 2.14. The van der Waals surface area contributed by atoms with Crippen molar-refractivity contribution >= 4 is 11.6 Å². The summed E-state index contributed by atoms with van der Waals surface area (Å²) in [7, 11) is 0. The lowest BCUT2D eigenvalue weighted by atomic mass is 10.1. The van der Waals surface area contributed by atoms with Crippen LogP contribution < -0.4 is 10.6 Å². The van der Waals surface area contributed by atoms with Gasteiger partial charge in [-0.15, -0.1) is 0 Å². The Kier molecular flexibility index (Phi) is 5.20. The number of hydrogen-bond donors (Lipinski definition) is 2. The Balaban J connectivity index is 2.58. The average molecular weight is 248 g/mol. The van der Waals surface area contributed by atoms with Crippen molar-refractivity contribution in [3.63, 3.8) is 0 Å². The maximum atomic E-state index is 11.8. The normalized spacial score (nSPS) is 12.3. The van der Waals surface area contributed by atoms with E-state index in [9.17, 15) is 4.79 Å². The molecule has 3 heteroatoms. The Morgan fingerprint density at radius 1 is 1.11 bits per heavy atom. The number of benzene rings is 1. The third-order valence-corrected chi connectivity index (χ3v) is 2.68. The summed E-state index contributed by atoms with van der Waals surface area (Å²) in [5.74, 6) is 0.519. The molecule has 18 heavy (non-hydrogen) atoms. The number of amides is 1. The number of carbonyl (C=O) groups is 1. The molecule has 100 valence electrons. The molecule has 0 saturated carbocycles. The smallest absolute Gasteiger partial charge is 0.242 e. The standard InChI is InChI=1S/C15H24N2O/c1-10(2)9-16-15(18)13(5)17-14-7-11(3)6-12(4)8-14/h6-8,10,13,17H,9H2,1-5H3,(H,16,18). The average Bonchev–Trinajstić information content (AvgIpc) is 2.24. The summed E-state index contributed by atoms with van der Waals surface area (Å²) in [6.45, 7) is 10.9. The zero-order valence-corrected chi connectivity index (χ0v) is 12.0. The Hall–Kier alpha value is -1.51. The molecule has 0 heterocycles. The fourth-order valence-electron chi connectivity index (χ4n) is 1.83. The van der Waals surface area contributed by atoms with E-state index in [2.05, 4.69) is 56.5 Å². The van der Waals surface area contributed by atoms with Crippen LogP contribution in [0.4, 0.5) is 5.69 Å². The SMILES string of the molecule is Cc1cc(C)cc(NC(C)C(=O)NCC(C)C)c1. The lowest BCUT2D eigenvalue weighted by Gasteiger charge is -2.17. The summed E-state index contributed by atoms with van der Waals surface area (Å²) in [5.41, 5.74) is 3.40. The first-order chi connectivity index (χ1) is 8.38. The number of hydrogen-bond acceptors (Lipinski definition) is 2. The minimum Gasteiger partial charge on any atom is -0.374 e. The minimum absolute atomic E-state index is 0.0443. The van der Waals surface area contributed by atoms with Crippen molar-refractivity contribution in [2.45, 2.75) is 40.7 Å². The molecular weight excluding hydrogens is 224 g/mol. The van der Waals surface area contributed by atoms with Crippen LogP contribution in [0.5, 0.6) is 0 Å². The molecule has 3 nitrogen and oxygen atoms in total. The zero-order chi connectivity index (χ0) is 13.7. The van der Waals surface area contributed by atoms with Crippen LogP contribution in [0, 0.1) is 19.8 Å². The fourth-order valence-corrected chi connectivity index (χ4v) is 1.83. The van der Waals surface area contributed by atoms with E-state index in [4.69, 9.17) is 0 Å². The van der Waals surface area contributed by atoms with Crippen molar-refractivity contribution in [2.24, 2.45) is 5.92 Å². The quantitative estimate of drug-likeness (QED) is 0.841. The van der Waals surface area contributed by atoms with E-state index in [1.165, 1.54) is 11.1 Å². The molecule has 0 radical (unpaired) electrons. The molecule has 1 rings (SSSR count). The number of rotatable bonds is 5. The molecule has 0 spiro atoms. The van der Waals surface area contributed by atoms with Gasteiger partial charge in [-0.1, -0.05) is 19.9 Å². The van der Waals surface area contributed by atoms with Gasteiger partial charge in [-0.3, -0.25) is 4.79 Å². The van der Waals surface area contributed by atoms with Gasteiger partial charge < -0.3 is 10.6 Å². The molecule has 1 unspecified atom stereocenters. The van der Waals surface area contributed by atoms with Crippen molar-refractivity contribution in [1.82, 2.24) is 5.32 Å². The lowest BCUT2D eigenvalue weighted by Crippen LogP contribution is -2.39. The van der Waals surface area contributed by atoms with Crippen LogP contribution in [-0.2, 0) is 4.79 Å². The number of nitrogens with one attached hydrogen (secondary N) is 2. The van der Waals surface area contributed by atoms with Gasteiger partial charge in [-0.2, -0.15) is 0 Å². The summed E-state index contributed by atoms with van der Waals surface area (Å²) in [6.07, 6.45) is 0. The first kappa shape index (κ1) is 14.6. The molecule has 0 aliphatic heterocycles. The van der Waals surface area contributed by atoms with E-state index < -0.39 is 0 Å². The minimum atomic E-state index is -0.218. The molecule has 1 aromatic carbocycles.